The van der Waals surface area contributed by atoms with Crippen molar-refractivity contribution in [2.45, 2.75) is 32.2 Å². The number of hydrogen-bond donors (Lipinski definition) is 0. The van der Waals surface area contributed by atoms with Crippen molar-refractivity contribution in [3.05, 3.63) is 40.2 Å². The molecule has 2 aromatic rings. The standard InChI is InChI=1S/C18H23N3O2S/c1-13-19-14(12-24-13)11-20-5-3-6-21(8-7-20)18(22)16-10-15(16)17-4-2-9-23-17/h2,4,9,12,15-16H,3,5-8,10-11H2,1H3/t15-,16-/m1/s1. The molecule has 2 fully saturated rings. The zero-order valence-electron chi connectivity index (χ0n) is 14.0. The van der Waals surface area contributed by atoms with E-state index in [1.165, 1.54) is 0 Å². The van der Waals surface area contributed by atoms with E-state index in [9.17, 15) is 4.79 Å². The highest BCUT2D eigenvalue weighted by Gasteiger charge is 2.47. The van der Waals surface area contributed by atoms with Crippen LogP contribution >= 0.6 is 11.3 Å². The van der Waals surface area contributed by atoms with Crippen molar-refractivity contribution in [3.63, 3.8) is 0 Å². The molecular formula is C18H23N3O2S. The predicted molar refractivity (Wildman–Crippen MR) is 92.9 cm³/mol. The molecule has 24 heavy (non-hydrogen) atoms. The van der Waals surface area contributed by atoms with Crippen molar-refractivity contribution < 1.29 is 9.21 Å². The van der Waals surface area contributed by atoms with Crippen LogP contribution in [0.25, 0.3) is 0 Å². The van der Waals surface area contributed by atoms with Gasteiger partial charge in [-0.15, -0.1) is 11.3 Å². The van der Waals surface area contributed by atoms with Gasteiger partial charge in [0, 0.05) is 49.9 Å². The summed E-state index contributed by atoms with van der Waals surface area (Å²) in [6, 6.07) is 3.89. The molecule has 1 aliphatic heterocycles. The molecule has 0 radical (unpaired) electrons. The minimum Gasteiger partial charge on any atom is -0.469 e. The largest absolute Gasteiger partial charge is 0.469 e. The summed E-state index contributed by atoms with van der Waals surface area (Å²) in [5, 5.41) is 3.26. The fourth-order valence-electron chi connectivity index (χ4n) is 3.58. The highest BCUT2D eigenvalue weighted by molar-refractivity contribution is 7.09. The summed E-state index contributed by atoms with van der Waals surface area (Å²) in [7, 11) is 0. The zero-order valence-corrected chi connectivity index (χ0v) is 14.8. The molecule has 6 heteroatoms. The number of amides is 1. The maximum atomic E-state index is 12.7. The Morgan fingerprint density at radius 2 is 2.29 bits per heavy atom. The van der Waals surface area contributed by atoms with E-state index in [0.717, 1.165) is 62.0 Å². The minimum atomic E-state index is 0.129. The van der Waals surface area contributed by atoms with Gasteiger partial charge in [0.15, 0.2) is 0 Å². The van der Waals surface area contributed by atoms with Gasteiger partial charge < -0.3 is 9.32 Å². The molecule has 1 saturated heterocycles. The van der Waals surface area contributed by atoms with Gasteiger partial charge in [0.1, 0.15) is 5.76 Å². The van der Waals surface area contributed by atoms with E-state index in [1.54, 1.807) is 17.6 Å². The van der Waals surface area contributed by atoms with Gasteiger partial charge in [-0.1, -0.05) is 0 Å². The summed E-state index contributed by atoms with van der Waals surface area (Å²) in [5.41, 5.74) is 1.15. The second-order valence-corrected chi connectivity index (χ2v) is 7.84. The molecule has 0 spiro atoms. The fourth-order valence-corrected chi connectivity index (χ4v) is 4.18. The van der Waals surface area contributed by atoms with E-state index in [4.69, 9.17) is 4.42 Å². The molecule has 0 aromatic carbocycles. The first-order valence-electron chi connectivity index (χ1n) is 8.66. The van der Waals surface area contributed by atoms with Crippen LogP contribution in [-0.2, 0) is 11.3 Å². The Morgan fingerprint density at radius 3 is 3.04 bits per heavy atom. The Hall–Kier alpha value is -1.66. The summed E-state index contributed by atoms with van der Waals surface area (Å²) >= 11 is 1.70. The van der Waals surface area contributed by atoms with Crippen LogP contribution in [0.2, 0.25) is 0 Å². The normalized spacial score (nSPS) is 24.8. The van der Waals surface area contributed by atoms with Crippen LogP contribution in [0.1, 0.15) is 35.2 Å². The molecular weight excluding hydrogens is 322 g/mol. The Balaban J connectivity index is 1.31. The average Bonchev–Trinajstić information content (AvgIpc) is 3.08. The van der Waals surface area contributed by atoms with Gasteiger partial charge >= 0.3 is 0 Å². The molecule has 2 atom stereocenters. The van der Waals surface area contributed by atoms with E-state index in [2.05, 4.69) is 20.2 Å². The lowest BCUT2D eigenvalue weighted by Crippen LogP contribution is -2.36. The number of furan rings is 1. The number of carbonyl (C=O) groups is 1. The van der Waals surface area contributed by atoms with E-state index in [1.807, 2.05) is 19.1 Å². The molecule has 5 nitrogen and oxygen atoms in total. The minimum absolute atomic E-state index is 0.129. The number of rotatable bonds is 4. The van der Waals surface area contributed by atoms with E-state index in [0.29, 0.717) is 11.8 Å². The van der Waals surface area contributed by atoms with Gasteiger partial charge in [0.2, 0.25) is 5.91 Å². The van der Waals surface area contributed by atoms with Crippen LogP contribution < -0.4 is 0 Å². The van der Waals surface area contributed by atoms with Gasteiger partial charge in [-0.3, -0.25) is 9.69 Å². The molecule has 0 unspecified atom stereocenters. The van der Waals surface area contributed by atoms with Crippen molar-refractivity contribution >= 4 is 17.2 Å². The fraction of sp³-hybridized carbons (Fsp3) is 0.556. The number of carbonyl (C=O) groups excluding carboxylic acids is 1. The van der Waals surface area contributed by atoms with Crippen LogP contribution in [0.3, 0.4) is 0 Å². The maximum Gasteiger partial charge on any atom is 0.226 e. The molecule has 0 bridgehead atoms. The summed E-state index contributed by atoms with van der Waals surface area (Å²) in [6.07, 6.45) is 3.66. The highest BCUT2D eigenvalue weighted by Crippen LogP contribution is 2.48. The predicted octanol–water partition coefficient (Wildman–Crippen LogP) is 2.88. The second kappa shape index (κ2) is 6.69. The van der Waals surface area contributed by atoms with E-state index >= 15 is 0 Å². The third-order valence-electron chi connectivity index (χ3n) is 4.97. The summed E-state index contributed by atoms with van der Waals surface area (Å²) in [5.74, 6) is 1.69. The number of hydrogen-bond acceptors (Lipinski definition) is 5. The van der Waals surface area contributed by atoms with Gasteiger partial charge in [-0.2, -0.15) is 0 Å². The molecule has 2 aromatic heterocycles. The topological polar surface area (TPSA) is 49.6 Å². The molecule has 2 aliphatic rings. The average molecular weight is 345 g/mol. The quantitative estimate of drug-likeness (QED) is 0.855. The Labute approximate surface area is 146 Å². The number of aryl methyl sites for hydroxylation is 1. The molecule has 128 valence electrons. The van der Waals surface area contributed by atoms with Crippen LogP contribution in [0.15, 0.2) is 28.2 Å². The monoisotopic (exact) mass is 345 g/mol. The van der Waals surface area contributed by atoms with Gasteiger partial charge in [-0.05, 0) is 31.9 Å². The first kappa shape index (κ1) is 15.8. The van der Waals surface area contributed by atoms with Crippen LogP contribution in [-0.4, -0.2) is 46.9 Å². The lowest BCUT2D eigenvalue weighted by Gasteiger charge is -2.21. The smallest absolute Gasteiger partial charge is 0.226 e. The molecule has 1 aliphatic carbocycles. The van der Waals surface area contributed by atoms with Crippen LogP contribution in [0.4, 0.5) is 0 Å². The van der Waals surface area contributed by atoms with Crippen molar-refractivity contribution in [1.82, 2.24) is 14.8 Å². The van der Waals surface area contributed by atoms with Crippen molar-refractivity contribution in [3.8, 4) is 0 Å². The first-order valence-corrected chi connectivity index (χ1v) is 9.54. The SMILES string of the molecule is Cc1nc(CN2CCCN(C(=O)[C@@H]3C[C@H]3c3ccco3)CC2)cs1. The Morgan fingerprint density at radius 1 is 1.38 bits per heavy atom. The zero-order chi connectivity index (χ0) is 16.5. The highest BCUT2D eigenvalue weighted by atomic mass is 32.1. The van der Waals surface area contributed by atoms with Gasteiger partial charge in [-0.25, -0.2) is 4.98 Å². The van der Waals surface area contributed by atoms with Gasteiger partial charge in [0.25, 0.3) is 0 Å². The molecule has 1 amide bonds. The van der Waals surface area contributed by atoms with E-state index in [-0.39, 0.29) is 5.92 Å². The summed E-state index contributed by atoms with van der Waals surface area (Å²) < 4.78 is 5.45. The summed E-state index contributed by atoms with van der Waals surface area (Å²) in [4.78, 5) is 21.8. The lowest BCUT2D eigenvalue weighted by atomic mass is 10.2. The van der Waals surface area contributed by atoms with Crippen LogP contribution in [0.5, 0.6) is 0 Å². The van der Waals surface area contributed by atoms with Crippen molar-refractivity contribution in [2.24, 2.45) is 5.92 Å². The molecule has 1 saturated carbocycles. The number of aromatic nitrogens is 1. The molecule has 3 heterocycles. The Kier molecular flexibility index (Phi) is 4.41. The lowest BCUT2D eigenvalue weighted by molar-refractivity contribution is -0.132. The second-order valence-electron chi connectivity index (χ2n) is 6.78. The number of thiazole rings is 1. The van der Waals surface area contributed by atoms with Crippen LogP contribution in [0, 0.1) is 12.8 Å². The molecule has 0 N–H and O–H groups in total. The third-order valence-corrected chi connectivity index (χ3v) is 5.79. The molecule has 4 rings (SSSR count). The van der Waals surface area contributed by atoms with E-state index < -0.39 is 0 Å². The summed E-state index contributed by atoms with van der Waals surface area (Å²) in [6.45, 7) is 6.59. The first-order chi connectivity index (χ1) is 11.7. The van der Waals surface area contributed by atoms with Crippen molar-refractivity contribution in [2.75, 3.05) is 26.2 Å². The number of nitrogens with zero attached hydrogens (tertiary/aromatic N) is 3. The van der Waals surface area contributed by atoms with Crippen molar-refractivity contribution in [1.29, 1.82) is 0 Å². The third kappa shape index (κ3) is 3.39. The van der Waals surface area contributed by atoms with Gasteiger partial charge in [0.05, 0.1) is 17.0 Å². The Bertz CT molecular complexity index is 697. The maximum absolute atomic E-state index is 12.7.